The van der Waals surface area contributed by atoms with Crippen molar-refractivity contribution in [3.05, 3.63) is 41.7 Å². The number of carbonyl (C=O) groups is 1. The van der Waals surface area contributed by atoms with E-state index in [1.54, 1.807) is 0 Å². The number of benzene rings is 1. The SMILES string of the molecule is Cc1cn(-c2ccc(C(C)C)cc2)c(SCC(=O)O)n1. The molecule has 1 aromatic carbocycles. The summed E-state index contributed by atoms with van der Waals surface area (Å²) >= 11 is 1.23. The van der Waals surface area contributed by atoms with Crippen LogP contribution in [0.3, 0.4) is 0 Å². The summed E-state index contributed by atoms with van der Waals surface area (Å²) in [5, 5.41) is 9.49. The zero-order chi connectivity index (χ0) is 14.7. The molecule has 20 heavy (non-hydrogen) atoms. The number of aryl methyl sites for hydroxylation is 1. The van der Waals surface area contributed by atoms with Crippen LogP contribution in [0.1, 0.15) is 31.0 Å². The minimum absolute atomic E-state index is 0.0144. The van der Waals surface area contributed by atoms with E-state index in [0.717, 1.165) is 11.4 Å². The minimum atomic E-state index is -0.836. The lowest BCUT2D eigenvalue weighted by atomic mass is 10.0. The summed E-state index contributed by atoms with van der Waals surface area (Å²) in [7, 11) is 0. The maximum Gasteiger partial charge on any atom is 0.313 e. The summed E-state index contributed by atoms with van der Waals surface area (Å²) in [6.07, 6.45) is 1.93. The summed E-state index contributed by atoms with van der Waals surface area (Å²) in [6.45, 7) is 6.22. The molecule has 1 aromatic heterocycles. The molecule has 106 valence electrons. The fraction of sp³-hybridized carbons (Fsp3) is 0.333. The number of nitrogens with zero attached hydrogens (tertiary/aromatic N) is 2. The molecular weight excluding hydrogens is 272 g/mol. The van der Waals surface area contributed by atoms with Crippen LogP contribution in [0.4, 0.5) is 0 Å². The van der Waals surface area contributed by atoms with Crippen molar-refractivity contribution in [2.45, 2.75) is 31.8 Å². The first-order valence-corrected chi connectivity index (χ1v) is 7.47. The van der Waals surface area contributed by atoms with Gasteiger partial charge in [-0.3, -0.25) is 9.36 Å². The highest BCUT2D eigenvalue weighted by atomic mass is 32.2. The third-order valence-electron chi connectivity index (χ3n) is 2.96. The molecule has 0 saturated carbocycles. The third kappa shape index (κ3) is 3.42. The average molecular weight is 290 g/mol. The van der Waals surface area contributed by atoms with Gasteiger partial charge < -0.3 is 5.11 Å². The average Bonchev–Trinajstić information content (AvgIpc) is 2.77. The van der Waals surface area contributed by atoms with Gasteiger partial charge in [-0.25, -0.2) is 4.98 Å². The lowest BCUT2D eigenvalue weighted by molar-refractivity contribution is -0.133. The fourth-order valence-corrected chi connectivity index (χ4v) is 2.67. The number of rotatable bonds is 5. The Bertz CT molecular complexity index is 603. The standard InChI is InChI=1S/C15H18N2O2S/c1-10(2)12-4-6-13(7-5-12)17-8-11(3)16-15(17)20-9-14(18)19/h4-8,10H,9H2,1-3H3,(H,18,19). The van der Waals surface area contributed by atoms with E-state index in [1.165, 1.54) is 17.3 Å². The zero-order valence-electron chi connectivity index (χ0n) is 11.8. The Labute approximate surface area is 122 Å². The first-order chi connectivity index (χ1) is 9.47. The van der Waals surface area contributed by atoms with E-state index >= 15 is 0 Å². The molecule has 5 heteroatoms. The van der Waals surface area contributed by atoms with Gasteiger partial charge in [0.2, 0.25) is 0 Å². The zero-order valence-corrected chi connectivity index (χ0v) is 12.6. The Morgan fingerprint density at radius 3 is 2.55 bits per heavy atom. The van der Waals surface area contributed by atoms with Crippen LogP contribution in [0.15, 0.2) is 35.6 Å². The molecule has 2 rings (SSSR count). The van der Waals surface area contributed by atoms with E-state index in [2.05, 4.69) is 31.0 Å². The highest BCUT2D eigenvalue weighted by Gasteiger charge is 2.10. The normalized spacial score (nSPS) is 11.0. The first-order valence-electron chi connectivity index (χ1n) is 6.48. The predicted octanol–water partition coefficient (Wildman–Crippen LogP) is 3.48. The molecule has 0 aliphatic heterocycles. The summed E-state index contributed by atoms with van der Waals surface area (Å²) in [5.74, 6) is -0.327. The summed E-state index contributed by atoms with van der Waals surface area (Å²) in [5.41, 5.74) is 3.17. The lowest BCUT2D eigenvalue weighted by Crippen LogP contribution is -2.01. The molecule has 1 N–H and O–H groups in total. The van der Waals surface area contributed by atoms with E-state index < -0.39 is 5.97 Å². The lowest BCUT2D eigenvalue weighted by Gasteiger charge is -2.09. The number of aromatic nitrogens is 2. The van der Waals surface area contributed by atoms with Gasteiger partial charge in [0.05, 0.1) is 11.4 Å². The van der Waals surface area contributed by atoms with Gasteiger partial charge in [0, 0.05) is 11.9 Å². The quantitative estimate of drug-likeness (QED) is 0.857. The molecule has 0 unspecified atom stereocenters. The largest absolute Gasteiger partial charge is 0.481 e. The topological polar surface area (TPSA) is 55.1 Å². The van der Waals surface area contributed by atoms with Crippen LogP contribution in [0.25, 0.3) is 5.69 Å². The van der Waals surface area contributed by atoms with Crippen LogP contribution in [0.2, 0.25) is 0 Å². The minimum Gasteiger partial charge on any atom is -0.481 e. The number of carboxylic acids is 1. The molecule has 0 atom stereocenters. The van der Waals surface area contributed by atoms with Gasteiger partial charge in [-0.15, -0.1) is 0 Å². The number of hydrogen-bond donors (Lipinski definition) is 1. The van der Waals surface area contributed by atoms with E-state index in [0.29, 0.717) is 11.1 Å². The Balaban J connectivity index is 2.29. The van der Waals surface area contributed by atoms with Gasteiger partial charge in [0.1, 0.15) is 0 Å². The van der Waals surface area contributed by atoms with Crippen LogP contribution in [-0.2, 0) is 4.79 Å². The second-order valence-electron chi connectivity index (χ2n) is 4.96. The molecule has 4 nitrogen and oxygen atoms in total. The van der Waals surface area contributed by atoms with Crippen LogP contribution < -0.4 is 0 Å². The monoisotopic (exact) mass is 290 g/mol. The molecule has 0 spiro atoms. The van der Waals surface area contributed by atoms with Crippen molar-refractivity contribution < 1.29 is 9.90 Å². The number of hydrogen-bond acceptors (Lipinski definition) is 3. The Morgan fingerprint density at radius 2 is 2.00 bits per heavy atom. The highest BCUT2D eigenvalue weighted by molar-refractivity contribution is 7.99. The van der Waals surface area contributed by atoms with E-state index in [9.17, 15) is 4.79 Å². The van der Waals surface area contributed by atoms with Gasteiger partial charge in [0.25, 0.3) is 0 Å². The van der Waals surface area contributed by atoms with E-state index in [1.807, 2.05) is 29.8 Å². The molecule has 0 aliphatic rings. The van der Waals surface area contributed by atoms with E-state index in [-0.39, 0.29) is 5.75 Å². The van der Waals surface area contributed by atoms with Crippen molar-refractivity contribution in [2.24, 2.45) is 0 Å². The van der Waals surface area contributed by atoms with Crippen molar-refractivity contribution in [1.29, 1.82) is 0 Å². The van der Waals surface area contributed by atoms with E-state index in [4.69, 9.17) is 5.11 Å². The molecule has 0 aliphatic carbocycles. The van der Waals surface area contributed by atoms with Gasteiger partial charge in [-0.2, -0.15) is 0 Å². The highest BCUT2D eigenvalue weighted by Crippen LogP contribution is 2.23. The van der Waals surface area contributed by atoms with Gasteiger partial charge in [-0.05, 0) is 30.5 Å². The Hall–Kier alpha value is -1.75. The third-order valence-corrected chi connectivity index (χ3v) is 3.89. The molecular formula is C15H18N2O2S. The van der Waals surface area contributed by atoms with Crippen LogP contribution in [-0.4, -0.2) is 26.4 Å². The summed E-state index contributed by atoms with van der Waals surface area (Å²) in [6, 6.07) is 8.28. The first kappa shape index (κ1) is 14.7. The second kappa shape index (κ2) is 6.13. The molecule has 1 heterocycles. The maximum absolute atomic E-state index is 10.7. The molecule has 0 fully saturated rings. The predicted molar refractivity (Wildman–Crippen MR) is 80.7 cm³/mol. The molecule has 0 amide bonds. The van der Waals surface area contributed by atoms with Gasteiger partial charge in [-0.1, -0.05) is 37.7 Å². The van der Waals surface area contributed by atoms with Crippen molar-refractivity contribution >= 4 is 17.7 Å². The van der Waals surface area contributed by atoms with Gasteiger partial charge >= 0.3 is 5.97 Å². The van der Waals surface area contributed by atoms with Crippen LogP contribution >= 0.6 is 11.8 Å². The maximum atomic E-state index is 10.7. The molecule has 0 saturated heterocycles. The Kier molecular flexibility index (Phi) is 4.49. The number of carboxylic acid groups (broad SMARTS) is 1. The molecule has 2 aromatic rings. The number of aliphatic carboxylic acids is 1. The number of imidazole rings is 1. The summed E-state index contributed by atoms with van der Waals surface area (Å²) in [4.78, 5) is 15.1. The molecule has 0 bridgehead atoms. The second-order valence-corrected chi connectivity index (χ2v) is 5.91. The Morgan fingerprint density at radius 1 is 1.35 bits per heavy atom. The van der Waals surface area contributed by atoms with Crippen molar-refractivity contribution in [3.63, 3.8) is 0 Å². The summed E-state index contributed by atoms with van der Waals surface area (Å²) < 4.78 is 1.94. The molecule has 0 radical (unpaired) electrons. The van der Waals surface area contributed by atoms with Crippen molar-refractivity contribution in [3.8, 4) is 5.69 Å². The smallest absolute Gasteiger partial charge is 0.313 e. The van der Waals surface area contributed by atoms with Crippen LogP contribution in [0.5, 0.6) is 0 Å². The van der Waals surface area contributed by atoms with Crippen molar-refractivity contribution in [1.82, 2.24) is 9.55 Å². The van der Waals surface area contributed by atoms with Crippen LogP contribution in [0, 0.1) is 6.92 Å². The van der Waals surface area contributed by atoms with Gasteiger partial charge in [0.15, 0.2) is 5.16 Å². The van der Waals surface area contributed by atoms with Crippen molar-refractivity contribution in [2.75, 3.05) is 5.75 Å². The fourth-order valence-electron chi connectivity index (χ4n) is 1.91. The number of thioether (sulfide) groups is 1.